The van der Waals surface area contributed by atoms with Crippen molar-refractivity contribution in [1.29, 1.82) is 0 Å². The number of nitrogens with one attached hydrogen (secondary N) is 1. The number of ether oxygens (including phenoxy) is 1. The van der Waals surface area contributed by atoms with Gasteiger partial charge in [-0.1, -0.05) is 48.5 Å². The van der Waals surface area contributed by atoms with E-state index in [1.54, 1.807) is 27.4 Å². The Morgan fingerprint density at radius 1 is 1.08 bits per heavy atom. The fourth-order valence-corrected chi connectivity index (χ4v) is 8.50. The lowest BCUT2D eigenvalue weighted by molar-refractivity contribution is 0.0905. The molecule has 5 aromatic rings. The lowest BCUT2D eigenvalue weighted by Gasteiger charge is -2.42. The predicted molar refractivity (Wildman–Crippen MR) is 202 cm³/mol. The Kier molecular flexibility index (Phi) is 10.1. The summed E-state index contributed by atoms with van der Waals surface area (Å²) in [5, 5.41) is 12.2. The fourth-order valence-electron chi connectivity index (χ4n) is 6.88. The number of aromatic nitrogens is 5. The van der Waals surface area contributed by atoms with E-state index in [1.165, 1.54) is 12.4 Å². The van der Waals surface area contributed by atoms with Crippen molar-refractivity contribution in [3.63, 3.8) is 0 Å². The first-order chi connectivity index (χ1) is 24.2. The van der Waals surface area contributed by atoms with E-state index in [0.29, 0.717) is 41.7 Å². The Morgan fingerprint density at radius 2 is 1.80 bits per heavy atom. The van der Waals surface area contributed by atoms with E-state index in [-0.39, 0.29) is 24.5 Å². The van der Waals surface area contributed by atoms with Crippen molar-refractivity contribution in [3.05, 3.63) is 100 Å². The van der Waals surface area contributed by atoms with E-state index in [9.17, 15) is 13.9 Å². The molecule has 1 aliphatic heterocycles. The maximum atomic E-state index is 13.8. The van der Waals surface area contributed by atoms with E-state index in [2.05, 4.69) is 56.8 Å². The van der Waals surface area contributed by atoms with Gasteiger partial charge in [-0.2, -0.15) is 4.31 Å². The Labute approximate surface area is 301 Å². The van der Waals surface area contributed by atoms with Crippen LogP contribution in [0, 0.1) is 13.8 Å². The fraction of sp³-hybridized carbons (Fsp3) is 0.395. The number of nitrogens with zero attached hydrogens (tertiary/aromatic N) is 7. The second kappa shape index (κ2) is 14.2. The molecule has 3 N–H and O–H groups in total. The van der Waals surface area contributed by atoms with Crippen LogP contribution >= 0.6 is 10.8 Å². The number of aryl methyl sites for hydroxylation is 3. The molecule has 2 aromatic heterocycles. The number of carbonyl (C=O) groups is 1. The number of benzene rings is 3. The van der Waals surface area contributed by atoms with Gasteiger partial charge >= 0.3 is 0 Å². The van der Waals surface area contributed by atoms with Crippen LogP contribution in [0.2, 0.25) is 0 Å². The quantitative estimate of drug-likeness (QED) is 0.139. The number of fused-ring (bicyclic) bond motifs is 2. The van der Waals surface area contributed by atoms with Gasteiger partial charge in [-0.15, -0.1) is 15.9 Å². The second-order valence-corrected chi connectivity index (χ2v) is 15.9. The van der Waals surface area contributed by atoms with E-state index >= 15 is 0 Å². The molecule has 6 rings (SSSR count). The van der Waals surface area contributed by atoms with Crippen LogP contribution in [-0.2, 0) is 13.1 Å². The molecule has 3 aromatic carbocycles. The zero-order valence-electron chi connectivity index (χ0n) is 30.6. The predicted octanol–water partition coefficient (Wildman–Crippen LogP) is 6.96. The standard InChI is InChI=1S/C38H48N8O4S/c1-9-29-23-45(51(48,49)33-14-12-11-13-32(33)50-29)22-27-19-26(16-15-24(27)3)34(30-17-18-31-35(25(30)4)42-43-46(31)10-2)38(5,6)41-36(47)28-20-39-37(40-21-28)44(7)8/h11-21,29,34,48-49H,9-10,22-23H2,1-8H3,(H,41,47)/t29?,34-/m0/s1. The Morgan fingerprint density at radius 3 is 2.49 bits per heavy atom. The number of rotatable bonds is 10. The summed E-state index contributed by atoms with van der Waals surface area (Å²) in [6.45, 7) is 13.5. The molecule has 270 valence electrons. The largest absolute Gasteiger partial charge is 0.487 e. The molecule has 0 saturated heterocycles. The monoisotopic (exact) mass is 712 g/mol. The maximum absolute atomic E-state index is 13.8. The average molecular weight is 713 g/mol. The summed E-state index contributed by atoms with van der Waals surface area (Å²) in [5.41, 5.74) is 6.17. The van der Waals surface area contributed by atoms with Gasteiger partial charge in [-0.25, -0.2) is 14.6 Å². The molecule has 1 aliphatic rings. The van der Waals surface area contributed by atoms with Gasteiger partial charge in [0.25, 0.3) is 5.91 Å². The summed E-state index contributed by atoms with van der Waals surface area (Å²) in [4.78, 5) is 24.7. The van der Waals surface area contributed by atoms with Crippen molar-refractivity contribution in [2.24, 2.45) is 0 Å². The Balaban J connectivity index is 1.43. The van der Waals surface area contributed by atoms with E-state index < -0.39 is 16.3 Å². The molecule has 3 heterocycles. The van der Waals surface area contributed by atoms with Crippen LogP contribution in [0.25, 0.3) is 11.0 Å². The first-order valence-corrected chi connectivity index (χ1v) is 18.8. The molecule has 51 heavy (non-hydrogen) atoms. The normalized spacial score (nSPS) is 17.3. The van der Waals surface area contributed by atoms with Gasteiger partial charge in [-0.05, 0) is 87.1 Å². The highest BCUT2D eigenvalue weighted by Crippen LogP contribution is 2.57. The van der Waals surface area contributed by atoms with E-state index in [4.69, 9.17) is 4.74 Å². The minimum Gasteiger partial charge on any atom is -0.487 e. The highest BCUT2D eigenvalue weighted by atomic mass is 32.3. The van der Waals surface area contributed by atoms with E-state index in [0.717, 1.165) is 38.9 Å². The number of hydrogen-bond acceptors (Lipinski definition) is 10. The highest BCUT2D eigenvalue weighted by molar-refractivity contribution is 8.22. The average Bonchev–Trinajstić information content (AvgIpc) is 3.49. The molecule has 0 radical (unpaired) electrons. The molecule has 0 saturated carbocycles. The molecule has 13 heteroatoms. The van der Waals surface area contributed by atoms with Gasteiger partial charge in [0.05, 0.1) is 17.6 Å². The van der Waals surface area contributed by atoms with E-state index in [1.807, 2.05) is 65.5 Å². The molecule has 12 nitrogen and oxygen atoms in total. The lowest BCUT2D eigenvalue weighted by atomic mass is 9.74. The lowest BCUT2D eigenvalue weighted by Crippen LogP contribution is -2.48. The molecule has 0 fully saturated rings. The summed E-state index contributed by atoms with van der Waals surface area (Å²) in [7, 11) is 0.338. The van der Waals surface area contributed by atoms with Gasteiger partial charge in [0, 0.05) is 51.0 Å². The van der Waals surface area contributed by atoms with Crippen LogP contribution in [0.4, 0.5) is 5.95 Å². The molecular weight excluding hydrogens is 665 g/mol. The number of para-hydroxylation sites is 1. The zero-order valence-corrected chi connectivity index (χ0v) is 31.4. The van der Waals surface area contributed by atoms with Crippen LogP contribution in [0.3, 0.4) is 0 Å². The van der Waals surface area contributed by atoms with Crippen molar-refractivity contribution in [1.82, 2.24) is 34.6 Å². The first-order valence-electron chi connectivity index (χ1n) is 17.3. The van der Waals surface area contributed by atoms with Crippen LogP contribution in [0.5, 0.6) is 5.75 Å². The molecule has 0 spiro atoms. The SMILES string of the molecule is CCC1CN(Cc2cc([C@@H](c3ccc4c(nnn4CC)c3C)C(C)(C)NC(=O)c3cnc(N(C)C)nc3)ccc2C)S(O)(O)c2ccccc2O1. The smallest absolute Gasteiger partial charge is 0.254 e. The third-order valence-corrected chi connectivity index (χ3v) is 11.7. The summed E-state index contributed by atoms with van der Waals surface area (Å²) in [6, 6.07) is 17.6. The van der Waals surface area contributed by atoms with Gasteiger partial charge in [-0.3, -0.25) is 13.9 Å². The summed E-state index contributed by atoms with van der Waals surface area (Å²) >= 11 is 0. The van der Waals surface area contributed by atoms with Crippen LogP contribution in [0.1, 0.15) is 78.2 Å². The highest BCUT2D eigenvalue weighted by Gasteiger charge is 2.38. The summed E-state index contributed by atoms with van der Waals surface area (Å²) in [5.74, 6) is 0.390. The van der Waals surface area contributed by atoms with Crippen molar-refractivity contribution >= 4 is 33.7 Å². The molecule has 0 aliphatic carbocycles. The molecule has 2 atom stereocenters. The van der Waals surface area contributed by atoms with Crippen molar-refractivity contribution < 1.29 is 18.6 Å². The van der Waals surface area contributed by atoms with Crippen LogP contribution in [-0.4, -0.2) is 76.6 Å². The topological polar surface area (TPSA) is 142 Å². The van der Waals surface area contributed by atoms with Crippen molar-refractivity contribution in [2.45, 2.75) is 83.5 Å². The number of amides is 1. The third kappa shape index (κ3) is 7.03. The molecule has 1 unspecified atom stereocenters. The van der Waals surface area contributed by atoms with Gasteiger partial charge in [0.15, 0.2) is 0 Å². The van der Waals surface area contributed by atoms with Gasteiger partial charge in [0.2, 0.25) is 5.95 Å². The van der Waals surface area contributed by atoms with Gasteiger partial charge < -0.3 is 15.0 Å². The summed E-state index contributed by atoms with van der Waals surface area (Å²) < 4.78 is 33.4. The number of hydrogen-bond donors (Lipinski definition) is 3. The molecular formula is C38H48N8O4S. The minimum atomic E-state index is -3.36. The second-order valence-electron chi connectivity index (χ2n) is 13.9. The molecule has 1 amide bonds. The molecule has 0 bridgehead atoms. The third-order valence-electron chi connectivity index (χ3n) is 9.76. The van der Waals surface area contributed by atoms with Crippen LogP contribution < -0.4 is 15.0 Å². The van der Waals surface area contributed by atoms with Crippen molar-refractivity contribution in [2.75, 3.05) is 25.5 Å². The Bertz CT molecular complexity index is 2050. The van der Waals surface area contributed by atoms with Gasteiger partial charge in [0.1, 0.15) is 22.3 Å². The number of carbonyl (C=O) groups excluding carboxylic acids is 1. The van der Waals surface area contributed by atoms with Crippen LogP contribution in [0.15, 0.2) is 71.9 Å². The Hall–Kier alpha value is -4.56. The number of anilines is 1. The summed E-state index contributed by atoms with van der Waals surface area (Å²) in [6.07, 6.45) is 3.57. The van der Waals surface area contributed by atoms with Crippen molar-refractivity contribution in [3.8, 4) is 5.75 Å². The maximum Gasteiger partial charge on any atom is 0.254 e. The minimum absolute atomic E-state index is 0.216. The zero-order chi connectivity index (χ0) is 36.7. The first kappa shape index (κ1) is 36.2.